The first-order valence-corrected chi connectivity index (χ1v) is 11.6. The van der Waals surface area contributed by atoms with Crippen molar-refractivity contribution >= 4 is 54.8 Å². The zero-order chi connectivity index (χ0) is 21.3. The molecule has 1 aliphatic heterocycles. The average molecular weight is 508 g/mol. The molecule has 1 aliphatic rings. The molecule has 30 heavy (non-hydrogen) atoms. The van der Waals surface area contributed by atoms with E-state index in [0.717, 1.165) is 4.47 Å². The van der Waals surface area contributed by atoms with E-state index in [-0.39, 0.29) is 11.4 Å². The monoisotopic (exact) mass is 506 g/mol. The van der Waals surface area contributed by atoms with Gasteiger partial charge in [0, 0.05) is 15.2 Å². The van der Waals surface area contributed by atoms with Gasteiger partial charge in [-0.1, -0.05) is 45.7 Å². The number of fused-ring (bicyclic) bond motifs is 1. The molecule has 1 atom stereocenters. The van der Waals surface area contributed by atoms with Crippen LogP contribution in [0.15, 0.2) is 82.2 Å². The number of nitrogens with one attached hydrogen (secondary N) is 1. The highest BCUT2D eigenvalue weighted by atomic mass is 79.9. The highest BCUT2D eigenvalue weighted by molar-refractivity contribution is 9.10. The minimum atomic E-state index is -3.93. The van der Waals surface area contributed by atoms with Gasteiger partial charge in [0.1, 0.15) is 5.75 Å². The summed E-state index contributed by atoms with van der Waals surface area (Å²) < 4.78 is 34.5. The molecule has 0 unspecified atom stereocenters. The number of hydrogen-bond donors (Lipinski definition) is 1. The zero-order valence-corrected chi connectivity index (χ0v) is 18.6. The maximum Gasteiger partial charge on any atom is 0.267 e. The smallest absolute Gasteiger partial charge is 0.267 e. The van der Waals surface area contributed by atoms with Crippen LogP contribution < -0.4 is 14.4 Å². The number of benzene rings is 3. The number of amides is 1. The van der Waals surface area contributed by atoms with Crippen molar-refractivity contribution in [3.05, 3.63) is 82.3 Å². The van der Waals surface area contributed by atoms with Gasteiger partial charge in [-0.05, 0) is 54.6 Å². The van der Waals surface area contributed by atoms with Gasteiger partial charge in [-0.3, -0.25) is 9.10 Å². The molecule has 4 rings (SSSR count). The standard InChI is InChI=1S/C21H16BrClN2O4S/c22-14-4-3-5-16(12-14)24-21(26)20-13-25(18-6-1-2-7-19(18)29-20)30(27,28)17-10-8-15(23)9-11-17/h1-12,20H,13H2,(H,24,26)/t20-/m0/s1. The molecule has 6 nitrogen and oxygen atoms in total. The van der Waals surface area contributed by atoms with Crippen LogP contribution in [0.25, 0.3) is 0 Å². The Morgan fingerprint density at radius 2 is 1.80 bits per heavy atom. The fraction of sp³-hybridized carbons (Fsp3) is 0.0952. The van der Waals surface area contributed by atoms with Crippen LogP contribution in [0.1, 0.15) is 0 Å². The van der Waals surface area contributed by atoms with E-state index < -0.39 is 22.0 Å². The number of rotatable bonds is 4. The Hall–Kier alpha value is -2.55. The molecular formula is C21H16BrClN2O4S. The van der Waals surface area contributed by atoms with E-state index in [0.29, 0.717) is 22.1 Å². The summed E-state index contributed by atoms with van der Waals surface area (Å²) in [4.78, 5) is 12.9. The van der Waals surface area contributed by atoms with Gasteiger partial charge in [0.15, 0.2) is 6.10 Å². The van der Waals surface area contributed by atoms with Crippen molar-refractivity contribution in [2.45, 2.75) is 11.0 Å². The van der Waals surface area contributed by atoms with Gasteiger partial charge in [0.25, 0.3) is 15.9 Å². The molecule has 0 spiro atoms. The van der Waals surface area contributed by atoms with Crippen LogP contribution in [0, 0.1) is 0 Å². The predicted octanol–water partition coefficient (Wildman–Crippen LogP) is 4.70. The third-order valence-electron chi connectivity index (χ3n) is 4.52. The lowest BCUT2D eigenvalue weighted by molar-refractivity contribution is -0.122. The summed E-state index contributed by atoms with van der Waals surface area (Å²) in [7, 11) is -3.93. The van der Waals surface area contributed by atoms with E-state index in [2.05, 4.69) is 21.2 Å². The SMILES string of the molecule is O=C(Nc1cccc(Br)c1)[C@@H]1CN(S(=O)(=O)c2ccc(Cl)cc2)c2ccccc2O1. The molecular weight excluding hydrogens is 492 g/mol. The van der Waals surface area contributed by atoms with E-state index in [9.17, 15) is 13.2 Å². The summed E-state index contributed by atoms with van der Waals surface area (Å²) in [5, 5.41) is 3.20. The number of para-hydroxylation sites is 2. The molecule has 0 aromatic heterocycles. The van der Waals surface area contributed by atoms with Crippen molar-refractivity contribution in [1.82, 2.24) is 0 Å². The fourth-order valence-corrected chi connectivity index (χ4v) is 5.09. The van der Waals surface area contributed by atoms with Gasteiger partial charge in [0.05, 0.1) is 17.1 Å². The van der Waals surface area contributed by atoms with Crippen molar-refractivity contribution in [2.24, 2.45) is 0 Å². The van der Waals surface area contributed by atoms with Gasteiger partial charge in [-0.25, -0.2) is 8.42 Å². The molecule has 0 saturated carbocycles. The third-order valence-corrected chi connectivity index (χ3v) is 7.06. The van der Waals surface area contributed by atoms with Crippen LogP contribution in [-0.4, -0.2) is 27.0 Å². The van der Waals surface area contributed by atoms with Gasteiger partial charge in [0.2, 0.25) is 0 Å². The molecule has 1 N–H and O–H groups in total. The molecule has 0 saturated heterocycles. The van der Waals surface area contributed by atoms with E-state index in [1.165, 1.54) is 28.6 Å². The number of halogens is 2. The number of sulfonamides is 1. The summed E-state index contributed by atoms with van der Waals surface area (Å²) in [6.07, 6.45) is -1.03. The van der Waals surface area contributed by atoms with Crippen molar-refractivity contribution in [3.63, 3.8) is 0 Å². The van der Waals surface area contributed by atoms with Crippen molar-refractivity contribution in [3.8, 4) is 5.75 Å². The number of anilines is 2. The van der Waals surface area contributed by atoms with E-state index in [4.69, 9.17) is 16.3 Å². The quantitative estimate of drug-likeness (QED) is 0.555. The molecule has 9 heteroatoms. The number of ether oxygens (including phenoxy) is 1. The van der Waals surface area contributed by atoms with E-state index in [1.54, 1.807) is 42.5 Å². The maximum absolute atomic E-state index is 13.3. The minimum absolute atomic E-state index is 0.0785. The first-order valence-electron chi connectivity index (χ1n) is 8.95. The lowest BCUT2D eigenvalue weighted by atomic mass is 10.2. The summed E-state index contributed by atoms with van der Waals surface area (Å²) in [6, 6.07) is 19.7. The molecule has 154 valence electrons. The lowest BCUT2D eigenvalue weighted by Gasteiger charge is -2.34. The van der Waals surface area contributed by atoms with Crippen molar-refractivity contribution < 1.29 is 17.9 Å². The molecule has 0 radical (unpaired) electrons. The molecule has 1 heterocycles. The average Bonchev–Trinajstić information content (AvgIpc) is 2.73. The van der Waals surface area contributed by atoms with E-state index >= 15 is 0 Å². The first kappa shape index (κ1) is 20.7. The number of carbonyl (C=O) groups excluding carboxylic acids is 1. The molecule has 0 fully saturated rings. The highest BCUT2D eigenvalue weighted by Crippen LogP contribution is 2.37. The summed E-state index contributed by atoms with van der Waals surface area (Å²) in [5.41, 5.74) is 0.947. The maximum atomic E-state index is 13.3. The number of hydrogen-bond acceptors (Lipinski definition) is 4. The normalized spacial score (nSPS) is 15.8. The van der Waals surface area contributed by atoms with Crippen LogP contribution in [0.3, 0.4) is 0 Å². The largest absolute Gasteiger partial charge is 0.476 e. The Labute approximate surface area is 187 Å². The molecule has 0 bridgehead atoms. The minimum Gasteiger partial charge on any atom is -0.476 e. The van der Waals surface area contributed by atoms with Crippen LogP contribution in [0.2, 0.25) is 5.02 Å². The lowest BCUT2D eigenvalue weighted by Crippen LogP contribution is -2.48. The van der Waals surface area contributed by atoms with E-state index in [1.807, 2.05) is 6.07 Å². The molecule has 3 aromatic carbocycles. The van der Waals surface area contributed by atoms with Crippen molar-refractivity contribution in [1.29, 1.82) is 0 Å². The Balaban J connectivity index is 1.67. The summed E-state index contributed by atoms with van der Waals surface area (Å²) in [6.45, 7) is -0.165. The van der Waals surface area contributed by atoms with Gasteiger partial charge >= 0.3 is 0 Å². The number of nitrogens with zero attached hydrogens (tertiary/aromatic N) is 1. The summed E-state index contributed by atoms with van der Waals surface area (Å²) >= 11 is 9.25. The van der Waals surface area contributed by atoms with Crippen LogP contribution in [-0.2, 0) is 14.8 Å². The second kappa shape index (κ2) is 8.29. The summed E-state index contributed by atoms with van der Waals surface area (Å²) in [5.74, 6) is -0.130. The molecule has 0 aliphatic carbocycles. The second-order valence-corrected chi connectivity index (χ2v) is 9.78. The van der Waals surface area contributed by atoms with Gasteiger partial charge < -0.3 is 10.1 Å². The Morgan fingerprint density at radius 1 is 1.07 bits per heavy atom. The van der Waals surface area contributed by atoms with Crippen LogP contribution in [0.5, 0.6) is 5.75 Å². The second-order valence-electron chi connectivity index (χ2n) is 6.56. The molecule has 3 aromatic rings. The first-order chi connectivity index (χ1) is 14.3. The molecule has 1 amide bonds. The number of carbonyl (C=O) groups is 1. The Morgan fingerprint density at radius 3 is 2.53 bits per heavy atom. The van der Waals surface area contributed by atoms with Gasteiger partial charge in [-0.2, -0.15) is 0 Å². The Kier molecular flexibility index (Phi) is 5.73. The highest BCUT2D eigenvalue weighted by Gasteiger charge is 2.37. The fourth-order valence-electron chi connectivity index (χ4n) is 3.09. The predicted molar refractivity (Wildman–Crippen MR) is 120 cm³/mol. The third kappa shape index (κ3) is 4.16. The van der Waals surface area contributed by atoms with Crippen molar-refractivity contribution in [2.75, 3.05) is 16.2 Å². The zero-order valence-electron chi connectivity index (χ0n) is 15.5. The topological polar surface area (TPSA) is 75.7 Å². The van der Waals surface area contributed by atoms with Gasteiger partial charge in [-0.15, -0.1) is 0 Å². The Bertz CT molecular complexity index is 1200. The van der Waals surface area contributed by atoms with Crippen LogP contribution in [0.4, 0.5) is 11.4 Å². The van der Waals surface area contributed by atoms with Crippen LogP contribution >= 0.6 is 27.5 Å².